The third-order valence-electron chi connectivity index (χ3n) is 1.32. The molecule has 0 radical (unpaired) electrons. The van der Waals surface area contributed by atoms with Crippen molar-refractivity contribution in [2.75, 3.05) is 0 Å². The summed E-state index contributed by atoms with van der Waals surface area (Å²) >= 11 is 0. The van der Waals surface area contributed by atoms with Crippen LogP contribution in [0, 0.1) is 0 Å². The van der Waals surface area contributed by atoms with Crippen molar-refractivity contribution in [2.24, 2.45) is 4.99 Å². The highest BCUT2D eigenvalue weighted by atomic mass is 16.3. The van der Waals surface area contributed by atoms with E-state index in [9.17, 15) is 0 Å². The quantitative estimate of drug-likeness (QED) is 0.593. The van der Waals surface area contributed by atoms with Crippen molar-refractivity contribution in [2.45, 2.75) is 13.8 Å². The minimum Gasteiger partial charge on any atom is -0.463 e. The summed E-state index contributed by atoms with van der Waals surface area (Å²) in [6, 6.07) is 3.74. The van der Waals surface area contributed by atoms with Gasteiger partial charge in [-0.2, -0.15) is 0 Å². The van der Waals surface area contributed by atoms with Crippen LogP contribution in [-0.4, -0.2) is 6.21 Å². The Hall–Kier alpha value is -1.31. The van der Waals surface area contributed by atoms with Gasteiger partial charge in [0.05, 0.1) is 6.26 Å². The number of furan rings is 1. The standard InChI is InChI=1S/C9H11NO/c1-3-8(10-4-2)9-6-5-7-11-9/h3-7H,1-2H3. The van der Waals surface area contributed by atoms with Crippen LogP contribution in [0.1, 0.15) is 19.6 Å². The van der Waals surface area contributed by atoms with Crippen molar-refractivity contribution >= 4 is 11.9 Å². The number of allylic oxidation sites excluding steroid dienone is 1. The zero-order valence-electron chi connectivity index (χ0n) is 6.74. The highest BCUT2D eigenvalue weighted by Crippen LogP contribution is 2.14. The van der Waals surface area contributed by atoms with Crippen LogP contribution in [0.2, 0.25) is 0 Å². The number of hydrogen-bond donors (Lipinski definition) is 0. The van der Waals surface area contributed by atoms with Gasteiger partial charge in [0.15, 0.2) is 5.76 Å². The Morgan fingerprint density at radius 1 is 1.55 bits per heavy atom. The Morgan fingerprint density at radius 2 is 2.36 bits per heavy atom. The summed E-state index contributed by atoms with van der Waals surface area (Å²) in [7, 11) is 0. The van der Waals surface area contributed by atoms with Crippen LogP contribution < -0.4 is 0 Å². The van der Waals surface area contributed by atoms with Gasteiger partial charge in [-0.25, -0.2) is 0 Å². The summed E-state index contributed by atoms with van der Waals surface area (Å²) in [6.07, 6.45) is 5.31. The molecule has 0 N–H and O–H groups in total. The van der Waals surface area contributed by atoms with Gasteiger partial charge in [-0.15, -0.1) is 0 Å². The van der Waals surface area contributed by atoms with Gasteiger partial charge in [0.2, 0.25) is 0 Å². The number of rotatable bonds is 2. The molecule has 0 aliphatic heterocycles. The Kier molecular flexibility index (Phi) is 2.66. The minimum atomic E-state index is 0.811. The smallest absolute Gasteiger partial charge is 0.151 e. The van der Waals surface area contributed by atoms with E-state index in [1.165, 1.54) is 0 Å². The molecule has 0 bridgehead atoms. The molecule has 0 aliphatic carbocycles. The van der Waals surface area contributed by atoms with Crippen LogP contribution in [-0.2, 0) is 0 Å². The fourth-order valence-corrected chi connectivity index (χ4v) is 0.844. The van der Waals surface area contributed by atoms with E-state index < -0.39 is 0 Å². The number of hydrogen-bond acceptors (Lipinski definition) is 2. The van der Waals surface area contributed by atoms with Gasteiger partial charge in [0.1, 0.15) is 5.70 Å². The van der Waals surface area contributed by atoms with E-state index in [1.807, 2.05) is 32.1 Å². The van der Waals surface area contributed by atoms with Crippen molar-refractivity contribution in [3.05, 3.63) is 30.2 Å². The molecule has 0 aromatic carbocycles. The summed E-state index contributed by atoms with van der Waals surface area (Å²) in [5.41, 5.74) is 0.873. The molecule has 0 spiro atoms. The average molecular weight is 149 g/mol. The van der Waals surface area contributed by atoms with E-state index in [1.54, 1.807) is 12.5 Å². The number of aliphatic imine (C=N–C) groups is 1. The van der Waals surface area contributed by atoms with Crippen LogP contribution in [0.4, 0.5) is 0 Å². The molecule has 1 heterocycles. The molecule has 0 amide bonds. The van der Waals surface area contributed by atoms with E-state index in [0.717, 1.165) is 11.5 Å². The Labute approximate surface area is 66.3 Å². The normalized spacial score (nSPS) is 12.7. The van der Waals surface area contributed by atoms with E-state index in [-0.39, 0.29) is 0 Å². The second-order valence-electron chi connectivity index (χ2n) is 2.04. The summed E-state index contributed by atoms with van der Waals surface area (Å²) in [4.78, 5) is 4.13. The summed E-state index contributed by atoms with van der Waals surface area (Å²) in [5, 5.41) is 0. The lowest BCUT2D eigenvalue weighted by molar-refractivity contribution is 0.552. The third-order valence-corrected chi connectivity index (χ3v) is 1.32. The predicted octanol–water partition coefficient (Wildman–Crippen LogP) is 2.73. The summed E-state index contributed by atoms with van der Waals surface area (Å²) in [6.45, 7) is 3.82. The maximum absolute atomic E-state index is 5.16. The fraction of sp³-hybridized carbons (Fsp3) is 0.222. The fourth-order valence-electron chi connectivity index (χ4n) is 0.844. The maximum atomic E-state index is 5.16. The minimum absolute atomic E-state index is 0.811. The summed E-state index contributed by atoms with van der Waals surface area (Å²) < 4.78 is 5.16. The van der Waals surface area contributed by atoms with Crippen LogP contribution in [0.5, 0.6) is 0 Å². The monoisotopic (exact) mass is 149 g/mol. The molecular weight excluding hydrogens is 138 g/mol. The van der Waals surface area contributed by atoms with Crippen LogP contribution in [0.15, 0.2) is 33.9 Å². The maximum Gasteiger partial charge on any atom is 0.151 e. The lowest BCUT2D eigenvalue weighted by Gasteiger charge is -1.92. The second kappa shape index (κ2) is 3.76. The molecule has 11 heavy (non-hydrogen) atoms. The Morgan fingerprint density at radius 3 is 2.82 bits per heavy atom. The van der Waals surface area contributed by atoms with E-state index in [4.69, 9.17) is 4.42 Å². The lowest BCUT2D eigenvalue weighted by Crippen LogP contribution is -1.74. The highest BCUT2D eigenvalue weighted by molar-refractivity contribution is 5.70. The molecule has 1 aromatic rings. The van der Waals surface area contributed by atoms with Crippen molar-refractivity contribution < 1.29 is 4.42 Å². The zero-order chi connectivity index (χ0) is 8.10. The molecule has 0 aliphatic rings. The highest BCUT2D eigenvalue weighted by Gasteiger charge is 1.98. The second-order valence-corrected chi connectivity index (χ2v) is 2.04. The first-order chi connectivity index (χ1) is 5.38. The first kappa shape index (κ1) is 7.79. The predicted molar refractivity (Wildman–Crippen MR) is 46.5 cm³/mol. The summed E-state index contributed by atoms with van der Waals surface area (Å²) in [5.74, 6) is 0.811. The molecule has 2 heteroatoms. The molecule has 0 unspecified atom stereocenters. The van der Waals surface area contributed by atoms with Crippen molar-refractivity contribution in [1.82, 2.24) is 0 Å². The van der Waals surface area contributed by atoms with Gasteiger partial charge in [0, 0.05) is 6.21 Å². The van der Waals surface area contributed by atoms with Gasteiger partial charge in [-0.05, 0) is 26.0 Å². The van der Waals surface area contributed by atoms with Gasteiger partial charge in [-0.3, -0.25) is 4.99 Å². The topological polar surface area (TPSA) is 25.5 Å². The van der Waals surface area contributed by atoms with Crippen molar-refractivity contribution in [3.8, 4) is 0 Å². The van der Waals surface area contributed by atoms with Crippen LogP contribution in [0.25, 0.3) is 5.70 Å². The van der Waals surface area contributed by atoms with E-state index in [2.05, 4.69) is 4.99 Å². The zero-order valence-corrected chi connectivity index (χ0v) is 6.74. The van der Waals surface area contributed by atoms with Crippen LogP contribution >= 0.6 is 0 Å². The molecular formula is C9H11NO. The molecule has 0 atom stereocenters. The van der Waals surface area contributed by atoms with E-state index >= 15 is 0 Å². The SMILES string of the molecule is CC=NC(=CC)c1ccco1. The molecule has 1 rings (SSSR count). The lowest BCUT2D eigenvalue weighted by atomic mass is 10.3. The van der Waals surface area contributed by atoms with Gasteiger partial charge >= 0.3 is 0 Å². The first-order valence-electron chi connectivity index (χ1n) is 3.57. The molecule has 2 nitrogen and oxygen atoms in total. The molecule has 0 saturated heterocycles. The Bertz CT molecular complexity index is 257. The van der Waals surface area contributed by atoms with Gasteiger partial charge < -0.3 is 4.42 Å². The number of nitrogens with zero attached hydrogens (tertiary/aromatic N) is 1. The Balaban J connectivity index is 2.89. The average Bonchev–Trinajstić information content (AvgIpc) is 2.52. The third kappa shape index (κ3) is 1.80. The molecule has 1 aromatic heterocycles. The van der Waals surface area contributed by atoms with Gasteiger partial charge in [0.25, 0.3) is 0 Å². The van der Waals surface area contributed by atoms with E-state index in [0.29, 0.717) is 0 Å². The van der Waals surface area contributed by atoms with Crippen molar-refractivity contribution in [1.29, 1.82) is 0 Å². The molecule has 0 fully saturated rings. The largest absolute Gasteiger partial charge is 0.463 e. The van der Waals surface area contributed by atoms with Crippen molar-refractivity contribution in [3.63, 3.8) is 0 Å². The molecule has 0 saturated carbocycles. The van der Waals surface area contributed by atoms with Gasteiger partial charge in [-0.1, -0.05) is 6.08 Å². The molecule has 58 valence electrons. The first-order valence-corrected chi connectivity index (χ1v) is 3.57. The van der Waals surface area contributed by atoms with Crippen LogP contribution in [0.3, 0.4) is 0 Å².